The molecule has 1 aromatic carbocycles. The molecule has 0 spiro atoms. The van der Waals surface area contributed by atoms with E-state index in [9.17, 15) is 0 Å². The Hall–Kier alpha value is -1.02. The lowest BCUT2D eigenvalue weighted by Crippen LogP contribution is -2.29. The van der Waals surface area contributed by atoms with Gasteiger partial charge in [0.1, 0.15) is 5.75 Å². The molecule has 0 aromatic heterocycles. The molecular weight excluding hydrogens is 222 g/mol. The van der Waals surface area contributed by atoms with E-state index in [4.69, 9.17) is 4.74 Å². The van der Waals surface area contributed by atoms with Gasteiger partial charge in [0.2, 0.25) is 0 Å². The van der Waals surface area contributed by atoms with Gasteiger partial charge in [0.25, 0.3) is 0 Å². The molecule has 0 N–H and O–H groups in total. The van der Waals surface area contributed by atoms with Crippen molar-refractivity contribution < 1.29 is 4.74 Å². The summed E-state index contributed by atoms with van der Waals surface area (Å²) in [5.41, 5.74) is 2.89. The monoisotopic (exact) mass is 247 g/mol. The number of rotatable bonds is 3. The van der Waals surface area contributed by atoms with Crippen LogP contribution in [0.1, 0.15) is 43.7 Å². The first-order valence-corrected chi connectivity index (χ1v) is 7.02. The normalized spacial score (nSPS) is 18.3. The van der Waals surface area contributed by atoms with Crippen molar-refractivity contribution in [3.05, 3.63) is 29.3 Å². The van der Waals surface area contributed by atoms with E-state index in [-0.39, 0.29) is 6.10 Å². The number of nitrogens with zero attached hydrogens (tertiary/aromatic N) is 1. The Kier molecular flexibility index (Phi) is 4.28. The van der Waals surface area contributed by atoms with E-state index in [1.54, 1.807) is 0 Å². The van der Waals surface area contributed by atoms with Crippen LogP contribution in [0.3, 0.4) is 0 Å². The third-order valence-corrected chi connectivity index (χ3v) is 3.78. The second-order valence-electron chi connectivity index (χ2n) is 5.76. The van der Waals surface area contributed by atoms with Crippen LogP contribution in [-0.2, 0) is 0 Å². The van der Waals surface area contributed by atoms with Crippen LogP contribution in [0.2, 0.25) is 0 Å². The van der Waals surface area contributed by atoms with Gasteiger partial charge in [0.05, 0.1) is 6.10 Å². The second-order valence-corrected chi connectivity index (χ2v) is 5.76. The quantitative estimate of drug-likeness (QED) is 0.809. The Bertz CT molecular complexity index is 392. The van der Waals surface area contributed by atoms with Crippen molar-refractivity contribution in [2.75, 3.05) is 20.1 Å². The Morgan fingerprint density at radius 2 is 1.89 bits per heavy atom. The van der Waals surface area contributed by atoms with E-state index in [2.05, 4.69) is 50.9 Å². The maximum absolute atomic E-state index is 5.81. The number of hydrogen-bond donors (Lipinski definition) is 0. The fourth-order valence-electron chi connectivity index (χ4n) is 2.72. The van der Waals surface area contributed by atoms with Crippen molar-refractivity contribution >= 4 is 0 Å². The van der Waals surface area contributed by atoms with E-state index >= 15 is 0 Å². The zero-order chi connectivity index (χ0) is 13.1. The van der Waals surface area contributed by atoms with E-state index in [1.807, 2.05) is 0 Å². The summed E-state index contributed by atoms with van der Waals surface area (Å²) in [5.74, 6) is 1.72. The molecule has 1 aromatic rings. The Balaban J connectivity index is 2.15. The number of piperidine rings is 1. The van der Waals surface area contributed by atoms with Gasteiger partial charge in [0, 0.05) is 0 Å². The van der Waals surface area contributed by atoms with Crippen LogP contribution in [0.5, 0.6) is 5.75 Å². The third kappa shape index (κ3) is 3.26. The Labute approximate surface area is 111 Å². The van der Waals surface area contributed by atoms with Crippen molar-refractivity contribution in [2.24, 2.45) is 0 Å². The number of aryl methyl sites for hydroxylation is 1. The van der Waals surface area contributed by atoms with Gasteiger partial charge in [-0.1, -0.05) is 6.07 Å². The summed E-state index contributed by atoms with van der Waals surface area (Å²) in [6, 6.07) is 6.55. The van der Waals surface area contributed by atoms with Gasteiger partial charge in [-0.15, -0.1) is 0 Å². The SMILES string of the molecule is Cc1ccc(OC(C)C)cc1C1CCN(C)CC1. The summed E-state index contributed by atoms with van der Waals surface area (Å²) in [6.07, 6.45) is 2.78. The van der Waals surface area contributed by atoms with Gasteiger partial charge < -0.3 is 9.64 Å². The predicted octanol–water partition coefficient (Wildman–Crippen LogP) is 3.59. The molecule has 0 saturated carbocycles. The first kappa shape index (κ1) is 13.4. The Morgan fingerprint density at radius 1 is 1.22 bits per heavy atom. The van der Waals surface area contributed by atoms with E-state index in [0.717, 1.165) is 5.75 Å². The minimum Gasteiger partial charge on any atom is -0.491 e. The highest BCUT2D eigenvalue weighted by Gasteiger charge is 2.20. The van der Waals surface area contributed by atoms with Crippen LogP contribution in [0.25, 0.3) is 0 Å². The standard InChI is InChI=1S/C16H25NO/c1-12(2)18-15-6-5-13(3)16(11-15)14-7-9-17(4)10-8-14/h5-6,11-12,14H,7-10H2,1-4H3. The van der Waals surface area contributed by atoms with Gasteiger partial charge >= 0.3 is 0 Å². The molecule has 0 amide bonds. The Morgan fingerprint density at radius 3 is 2.50 bits per heavy atom. The van der Waals surface area contributed by atoms with Crippen molar-refractivity contribution in [1.82, 2.24) is 4.90 Å². The van der Waals surface area contributed by atoms with Gasteiger partial charge in [-0.3, -0.25) is 0 Å². The minimum atomic E-state index is 0.248. The maximum atomic E-state index is 5.81. The molecule has 0 atom stereocenters. The van der Waals surface area contributed by atoms with Gasteiger partial charge in [-0.2, -0.15) is 0 Å². The second kappa shape index (κ2) is 5.75. The summed E-state index contributed by atoms with van der Waals surface area (Å²) in [4.78, 5) is 2.42. The van der Waals surface area contributed by atoms with Gasteiger partial charge in [0.15, 0.2) is 0 Å². The minimum absolute atomic E-state index is 0.248. The average Bonchev–Trinajstić information content (AvgIpc) is 2.32. The van der Waals surface area contributed by atoms with E-state index in [0.29, 0.717) is 5.92 Å². The molecule has 1 heterocycles. The van der Waals surface area contributed by atoms with Crippen LogP contribution in [0, 0.1) is 6.92 Å². The van der Waals surface area contributed by atoms with Crippen LogP contribution in [0.15, 0.2) is 18.2 Å². The highest BCUT2D eigenvalue weighted by atomic mass is 16.5. The van der Waals surface area contributed by atoms with Crippen molar-refractivity contribution in [1.29, 1.82) is 0 Å². The molecule has 0 aliphatic carbocycles. The molecule has 18 heavy (non-hydrogen) atoms. The summed E-state index contributed by atoms with van der Waals surface area (Å²) >= 11 is 0. The molecule has 1 aliphatic rings. The molecular formula is C16H25NO. The van der Waals surface area contributed by atoms with Gasteiger partial charge in [-0.05, 0) is 82.9 Å². The number of hydrogen-bond acceptors (Lipinski definition) is 2. The molecule has 2 nitrogen and oxygen atoms in total. The number of ether oxygens (including phenoxy) is 1. The summed E-state index contributed by atoms with van der Waals surface area (Å²) in [6.45, 7) is 8.79. The number of likely N-dealkylation sites (tertiary alicyclic amines) is 1. The molecule has 2 rings (SSSR count). The summed E-state index contributed by atoms with van der Waals surface area (Å²) in [7, 11) is 2.21. The van der Waals surface area contributed by atoms with Crippen molar-refractivity contribution in [3.8, 4) is 5.75 Å². The third-order valence-electron chi connectivity index (χ3n) is 3.78. The fourth-order valence-corrected chi connectivity index (χ4v) is 2.72. The molecule has 0 bridgehead atoms. The molecule has 0 radical (unpaired) electrons. The average molecular weight is 247 g/mol. The molecule has 1 aliphatic heterocycles. The summed E-state index contributed by atoms with van der Waals surface area (Å²) in [5, 5.41) is 0. The molecule has 1 saturated heterocycles. The van der Waals surface area contributed by atoms with Gasteiger partial charge in [-0.25, -0.2) is 0 Å². The molecule has 1 fully saturated rings. The van der Waals surface area contributed by atoms with Crippen LogP contribution < -0.4 is 4.74 Å². The largest absolute Gasteiger partial charge is 0.491 e. The van der Waals surface area contributed by atoms with E-state index in [1.165, 1.54) is 37.1 Å². The van der Waals surface area contributed by atoms with Crippen molar-refractivity contribution in [2.45, 2.75) is 45.6 Å². The van der Waals surface area contributed by atoms with Crippen molar-refractivity contribution in [3.63, 3.8) is 0 Å². The van der Waals surface area contributed by atoms with Crippen LogP contribution in [-0.4, -0.2) is 31.1 Å². The fraction of sp³-hybridized carbons (Fsp3) is 0.625. The summed E-state index contributed by atoms with van der Waals surface area (Å²) < 4.78 is 5.81. The topological polar surface area (TPSA) is 12.5 Å². The molecule has 100 valence electrons. The maximum Gasteiger partial charge on any atom is 0.119 e. The lowest BCUT2D eigenvalue weighted by Gasteiger charge is -2.30. The van der Waals surface area contributed by atoms with Crippen LogP contribution >= 0.6 is 0 Å². The predicted molar refractivity (Wildman–Crippen MR) is 76.4 cm³/mol. The highest BCUT2D eigenvalue weighted by Crippen LogP contribution is 2.32. The number of benzene rings is 1. The van der Waals surface area contributed by atoms with Crippen LogP contribution in [0.4, 0.5) is 0 Å². The van der Waals surface area contributed by atoms with E-state index < -0.39 is 0 Å². The molecule has 2 heteroatoms. The zero-order valence-electron chi connectivity index (χ0n) is 12.1. The first-order valence-electron chi connectivity index (χ1n) is 7.02. The first-order chi connectivity index (χ1) is 8.56. The zero-order valence-corrected chi connectivity index (χ0v) is 12.1. The molecule has 0 unspecified atom stereocenters. The lowest BCUT2D eigenvalue weighted by atomic mass is 9.87. The smallest absolute Gasteiger partial charge is 0.119 e. The highest BCUT2D eigenvalue weighted by molar-refractivity contribution is 5.37. The lowest BCUT2D eigenvalue weighted by molar-refractivity contribution is 0.239.